The molecule has 0 heterocycles. The molecule has 16 heavy (non-hydrogen) atoms. The van der Waals surface area contributed by atoms with Crippen LogP contribution in [-0.2, 0) is 10.0 Å². The van der Waals surface area contributed by atoms with Crippen LogP contribution in [0, 0.1) is 0 Å². The Bertz CT molecular complexity index is 469. The van der Waals surface area contributed by atoms with E-state index in [0.717, 1.165) is 0 Å². The van der Waals surface area contributed by atoms with Gasteiger partial charge in [-0.05, 0) is 39.1 Å². The van der Waals surface area contributed by atoms with E-state index >= 15 is 0 Å². The van der Waals surface area contributed by atoms with E-state index in [0.29, 0.717) is 11.4 Å². The predicted molar refractivity (Wildman–Crippen MR) is 62.9 cm³/mol. The summed E-state index contributed by atoms with van der Waals surface area (Å²) in [6.07, 6.45) is -0.102. The van der Waals surface area contributed by atoms with Crippen LogP contribution in [0.3, 0.4) is 0 Å². The molecule has 0 atom stereocenters. The molecule has 0 unspecified atom stereocenters. The summed E-state index contributed by atoms with van der Waals surface area (Å²) in [5, 5.41) is 0. The molecule has 90 valence electrons. The standard InChI is InChI=1S/C10H16N2O3S/c1-7(2)15-9-5-4-8(11)6-10(9)16(13,14)12-3/h4-7,12H,11H2,1-3H3. The Morgan fingerprint density at radius 3 is 2.50 bits per heavy atom. The third-order valence-corrected chi connectivity index (χ3v) is 3.32. The molecule has 1 aromatic rings. The Balaban J connectivity index is 3.29. The van der Waals surface area contributed by atoms with Crippen molar-refractivity contribution in [1.29, 1.82) is 0 Å². The predicted octanol–water partition coefficient (Wildman–Crippen LogP) is 0.964. The molecular weight excluding hydrogens is 228 g/mol. The van der Waals surface area contributed by atoms with Crippen molar-refractivity contribution in [2.24, 2.45) is 0 Å². The summed E-state index contributed by atoms with van der Waals surface area (Å²) >= 11 is 0. The lowest BCUT2D eigenvalue weighted by molar-refractivity contribution is 0.236. The number of benzene rings is 1. The molecule has 0 fully saturated rings. The lowest BCUT2D eigenvalue weighted by Gasteiger charge is -2.14. The largest absolute Gasteiger partial charge is 0.490 e. The highest BCUT2D eigenvalue weighted by atomic mass is 32.2. The van der Waals surface area contributed by atoms with E-state index in [1.165, 1.54) is 13.1 Å². The second kappa shape index (κ2) is 4.71. The Kier molecular flexibility index (Phi) is 3.77. The maximum absolute atomic E-state index is 11.7. The normalized spacial score (nSPS) is 11.8. The smallest absolute Gasteiger partial charge is 0.244 e. The SMILES string of the molecule is CNS(=O)(=O)c1cc(N)ccc1OC(C)C. The van der Waals surface area contributed by atoms with Gasteiger partial charge < -0.3 is 10.5 Å². The molecule has 1 rings (SSSR count). The van der Waals surface area contributed by atoms with Gasteiger partial charge in [0, 0.05) is 5.69 Å². The van der Waals surface area contributed by atoms with Crippen LogP contribution < -0.4 is 15.2 Å². The van der Waals surface area contributed by atoms with Gasteiger partial charge in [-0.2, -0.15) is 0 Å². The van der Waals surface area contributed by atoms with Crippen LogP contribution >= 0.6 is 0 Å². The van der Waals surface area contributed by atoms with Crippen LogP contribution in [-0.4, -0.2) is 21.6 Å². The highest BCUT2D eigenvalue weighted by Crippen LogP contribution is 2.26. The molecule has 0 aliphatic rings. The second-order valence-electron chi connectivity index (χ2n) is 3.58. The highest BCUT2D eigenvalue weighted by Gasteiger charge is 2.18. The zero-order valence-electron chi connectivity index (χ0n) is 9.52. The van der Waals surface area contributed by atoms with Crippen molar-refractivity contribution in [3.8, 4) is 5.75 Å². The number of nitrogens with two attached hydrogens (primary N) is 1. The molecule has 0 radical (unpaired) electrons. The first-order valence-corrected chi connectivity index (χ1v) is 6.35. The number of nitrogen functional groups attached to an aromatic ring is 1. The molecule has 0 spiro atoms. The zero-order valence-corrected chi connectivity index (χ0v) is 10.3. The lowest BCUT2D eigenvalue weighted by atomic mass is 10.3. The number of nitrogens with one attached hydrogen (secondary N) is 1. The first-order valence-electron chi connectivity index (χ1n) is 4.86. The Morgan fingerprint density at radius 2 is 2.00 bits per heavy atom. The molecule has 0 saturated carbocycles. The van der Waals surface area contributed by atoms with Gasteiger partial charge in [-0.15, -0.1) is 0 Å². The number of ether oxygens (including phenoxy) is 1. The van der Waals surface area contributed by atoms with Crippen LogP contribution in [0.4, 0.5) is 5.69 Å². The Morgan fingerprint density at radius 1 is 1.38 bits per heavy atom. The third-order valence-electron chi connectivity index (χ3n) is 1.89. The molecule has 6 heteroatoms. The molecular formula is C10H16N2O3S. The zero-order chi connectivity index (χ0) is 12.3. The van der Waals surface area contributed by atoms with Gasteiger partial charge in [0.1, 0.15) is 10.6 Å². The molecule has 5 nitrogen and oxygen atoms in total. The average molecular weight is 244 g/mol. The maximum Gasteiger partial charge on any atom is 0.244 e. The van der Waals surface area contributed by atoms with Crippen LogP contribution in [0.1, 0.15) is 13.8 Å². The fourth-order valence-electron chi connectivity index (χ4n) is 1.20. The van der Waals surface area contributed by atoms with Gasteiger partial charge in [0.15, 0.2) is 0 Å². The molecule has 3 N–H and O–H groups in total. The fraction of sp³-hybridized carbons (Fsp3) is 0.400. The minimum Gasteiger partial charge on any atom is -0.490 e. The van der Waals surface area contributed by atoms with Gasteiger partial charge in [-0.25, -0.2) is 13.1 Å². The quantitative estimate of drug-likeness (QED) is 0.773. The van der Waals surface area contributed by atoms with Crippen molar-refractivity contribution in [1.82, 2.24) is 4.72 Å². The third kappa shape index (κ3) is 2.86. The summed E-state index contributed by atoms with van der Waals surface area (Å²) < 4.78 is 31.1. The van der Waals surface area contributed by atoms with Gasteiger partial charge in [-0.3, -0.25) is 0 Å². The van der Waals surface area contributed by atoms with Crippen molar-refractivity contribution < 1.29 is 13.2 Å². The van der Waals surface area contributed by atoms with Gasteiger partial charge in [0.05, 0.1) is 6.10 Å². The van der Waals surface area contributed by atoms with Crippen LogP contribution in [0.15, 0.2) is 23.1 Å². The van der Waals surface area contributed by atoms with Crippen molar-refractivity contribution in [3.05, 3.63) is 18.2 Å². The average Bonchev–Trinajstić information content (AvgIpc) is 2.20. The first kappa shape index (κ1) is 12.8. The van der Waals surface area contributed by atoms with E-state index in [2.05, 4.69) is 4.72 Å². The summed E-state index contributed by atoms with van der Waals surface area (Å²) in [6, 6.07) is 4.54. The van der Waals surface area contributed by atoms with Gasteiger partial charge in [-0.1, -0.05) is 0 Å². The molecule has 1 aromatic carbocycles. The Hall–Kier alpha value is -1.27. The molecule has 0 bridgehead atoms. The fourth-order valence-corrected chi connectivity index (χ4v) is 2.09. The molecule has 0 aliphatic carbocycles. The van der Waals surface area contributed by atoms with E-state index in [-0.39, 0.29) is 11.0 Å². The molecule has 0 aliphatic heterocycles. The molecule has 0 saturated heterocycles. The summed E-state index contributed by atoms with van der Waals surface area (Å²) in [6.45, 7) is 3.65. The van der Waals surface area contributed by atoms with E-state index < -0.39 is 10.0 Å². The van der Waals surface area contributed by atoms with Crippen LogP contribution in [0.5, 0.6) is 5.75 Å². The number of sulfonamides is 1. The van der Waals surface area contributed by atoms with Crippen molar-refractivity contribution >= 4 is 15.7 Å². The van der Waals surface area contributed by atoms with Crippen LogP contribution in [0.2, 0.25) is 0 Å². The van der Waals surface area contributed by atoms with E-state index in [1.54, 1.807) is 12.1 Å². The van der Waals surface area contributed by atoms with Gasteiger partial charge >= 0.3 is 0 Å². The summed E-state index contributed by atoms with van der Waals surface area (Å²) in [5.74, 6) is 0.304. The van der Waals surface area contributed by atoms with Gasteiger partial charge in [0.25, 0.3) is 0 Å². The van der Waals surface area contributed by atoms with E-state index in [1.807, 2.05) is 13.8 Å². The topological polar surface area (TPSA) is 81.4 Å². The number of rotatable bonds is 4. The minimum absolute atomic E-state index is 0.0590. The maximum atomic E-state index is 11.7. The molecule has 0 amide bonds. The van der Waals surface area contributed by atoms with Crippen molar-refractivity contribution in [2.75, 3.05) is 12.8 Å². The van der Waals surface area contributed by atoms with Crippen molar-refractivity contribution in [2.45, 2.75) is 24.8 Å². The van der Waals surface area contributed by atoms with Crippen LogP contribution in [0.25, 0.3) is 0 Å². The summed E-state index contributed by atoms with van der Waals surface area (Å²) in [5.41, 5.74) is 5.94. The van der Waals surface area contributed by atoms with Crippen molar-refractivity contribution in [3.63, 3.8) is 0 Å². The minimum atomic E-state index is -3.55. The monoisotopic (exact) mass is 244 g/mol. The van der Waals surface area contributed by atoms with E-state index in [4.69, 9.17) is 10.5 Å². The molecule has 0 aromatic heterocycles. The summed E-state index contributed by atoms with van der Waals surface area (Å²) in [7, 11) is -2.21. The van der Waals surface area contributed by atoms with Gasteiger partial charge in [0.2, 0.25) is 10.0 Å². The summed E-state index contributed by atoms with van der Waals surface area (Å²) in [4.78, 5) is 0.0590. The van der Waals surface area contributed by atoms with E-state index in [9.17, 15) is 8.42 Å². The lowest BCUT2D eigenvalue weighted by Crippen LogP contribution is -2.20. The second-order valence-corrected chi connectivity index (χ2v) is 5.44. The number of anilines is 1. The first-order chi connectivity index (χ1) is 7.36. The highest BCUT2D eigenvalue weighted by molar-refractivity contribution is 7.89. The Labute approximate surface area is 95.7 Å². The number of hydrogen-bond acceptors (Lipinski definition) is 4. The number of hydrogen-bond donors (Lipinski definition) is 2.